The van der Waals surface area contributed by atoms with E-state index < -0.39 is 0 Å². The van der Waals surface area contributed by atoms with Crippen LogP contribution >= 0.6 is 0 Å². The minimum Gasteiger partial charge on any atom is -0.106 e. The maximum absolute atomic E-state index is 3.00. The first-order valence-corrected chi connectivity index (χ1v) is 5.27. The molecule has 0 nitrogen and oxygen atoms in total. The van der Waals surface area contributed by atoms with Gasteiger partial charge in [0.1, 0.15) is 0 Å². The van der Waals surface area contributed by atoms with Gasteiger partial charge in [0.05, 0.1) is 0 Å². The summed E-state index contributed by atoms with van der Waals surface area (Å²) < 4.78 is 0. The molecule has 12 heavy (non-hydrogen) atoms. The van der Waals surface area contributed by atoms with Gasteiger partial charge in [-0.1, -0.05) is 60.3 Å². The minimum absolute atomic E-state index is 0.904. The van der Waals surface area contributed by atoms with E-state index in [4.69, 9.17) is 0 Å². The summed E-state index contributed by atoms with van der Waals surface area (Å²) in [5.41, 5.74) is 0. The highest BCUT2D eigenvalue weighted by Gasteiger charge is 1.90. The van der Waals surface area contributed by atoms with Gasteiger partial charge in [-0.3, -0.25) is 0 Å². The maximum Gasteiger partial charge on any atom is -0.0471 e. The van der Waals surface area contributed by atoms with Crippen LogP contribution in [-0.2, 0) is 0 Å². The molecule has 0 aliphatic rings. The smallest absolute Gasteiger partial charge is 0.0471 e. The summed E-state index contributed by atoms with van der Waals surface area (Å²) >= 11 is 0. The van der Waals surface area contributed by atoms with Crippen molar-refractivity contribution in [2.24, 2.45) is 5.92 Å². The normalized spacial score (nSPS) is 7.83. The van der Waals surface area contributed by atoms with E-state index >= 15 is 0 Å². The molecule has 0 unspecified atom stereocenters. The van der Waals surface area contributed by atoms with Gasteiger partial charge in [0, 0.05) is 0 Å². The Hall–Kier alpha value is -0.260. The summed E-state index contributed by atoms with van der Waals surface area (Å²) in [5.74, 6) is 0.904. The zero-order chi connectivity index (χ0) is 10.4. The van der Waals surface area contributed by atoms with E-state index in [2.05, 4.69) is 33.9 Å². The van der Waals surface area contributed by atoms with Crippen LogP contribution in [0.25, 0.3) is 0 Å². The Labute approximate surface area is 80.1 Å². The van der Waals surface area contributed by atoms with E-state index in [1.165, 1.54) is 25.7 Å². The van der Waals surface area contributed by atoms with Crippen molar-refractivity contribution in [3.8, 4) is 0 Å². The van der Waals surface area contributed by atoms with E-state index in [1.807, 2.05) is 13.8 Å². The lowest BCUT2D eigenvalue weighted by atomic mass is 10.1. The summed E-state index contributed by atoms with van der Waals surface area (Å²) in [7, 11) is 0. The predicted octanol–water partition coefficient (Wildman–Crippen LogP) is 5.05. The minimum atomic E-state index is 0.904. The number of unbranched alkanes of at least 4 members (excludes halogenated alkanes) is 2. The van der Waals surface area contributed by atoms with Gasteiger partial charge in [0.15, 0.2) is 0 Å². The van der Waals surface area contributed by atoms with Gasteiger partial charge in [-0.15, -0.1) is 13.2 Å². The van der Waals surface area contributed by atoms with Crippen molar-refractivity contribution in [3.63, 3.8) is 0 Å². The predicted molar refractivity (Wildman–Crippen MR) is 61.6 cm³/mol. The van der Waals surface area contributed by atoms with E-state index in [-0.39, 0.29) is 0 Å². The average molecular weight is 172 g/mol. The van der Waals surface area contributed by atoms with Crippen molar-refractivity contribution in [2.75, 3.05) is 0 Å². The Morgan fingerprint density at radius 2 is 1.42 bits per heavy atom. The van der Waals surface area contributed by atoms with E-state index in [0.717, 1.165) is 5.92 Å². The van der Waals surface area contributed by atoms with Crippen LogP contribution in [0.5, 0.6) is 0 Å². The quantitative estimate of drug-likeness (QED) is 0.411. The molecule has 0 fully saturated rings. The lowest BCUT2D eigenvalue weighted by Crippen LogP contribution is -1.85. The summed E-state index contributed by atoms with van der Waals surface area (Å²) in [5, 5.41) is 0. The van der Waals surface area contributed by atoms with E-state index in [9.17, 15) is 0 Å². The molecule has 0 heterocycles. The third kappa shape index (κ3) is 33.1. The second-order valence-corrected chi connectivity index (χ2v) is 2.89. The first-order valence-electron chi connectivity index (χ1n) is 5.27. The van der Waals surface area contributed by atoms with Crippen molar-refractivity contribution in [2.45, 2.75) is 60.3 Å². The highest BCUT2D eigenvalue weighted by Crippen LogP contribution is 2.06. The van der Waals surface area contributed by atoms with Crippen LogP contribution in [0.15, 0.2) is 13.2 Å². The van der Waals surface area contributed by atoms with Crippen molar-refractivity contribution < 1.29 is 0 Å². The molecule has 0 aromatic rings. The summed E-state index contributed by atoms with van der Waals surface area (Å²) in [6, 6.07) is 0. The SMILES string of the molecule is C=C.CC.CCCCCC(C)C. The maximum atomic E-state index is 3.00. The fourth-order valence-corrected chi connectivity index (χ4v) is 0.803. The highest BCUT2D eigenvalue weighted by atomic mass is 14.0. The zero-order valence-electron chi connectivity index (χ0n) is 9.82. The van der Waals surface area contributed by atoms with Crippen molar-refractivity contribution in [3.05, 3.63) is 13.2 Å². The van der Waals surface area contributed by atoms with Crippen LogP contribution in [0, 0.1) is 5.92 Å². The molecule has 0 atom stereocenters. The Bertz CT molecular complexity index is 46.0. The van der Waals surface area contributed by atoms with Gasteiger partial charge in [0.2, 0.25) is 0 Å². The average Bonchev–Trinajstić information content (AvgIpc) is 2.12. The largest absolute Gasteiger partial charge is 0.106 e. The number of hydrogen-bond acceptors (Lipinski definition) is 0. The monoisotopic (exact) mass is 172 g/mol. The molecular weight excluding hydrogens is 144 g/mol. The molecular formula is C12H28. The molecule has 0 rings (SSSR count). The van der Waals surface area contributed by atoms with Crippen LogP contribution in [-0.4, -0.2) is 0 Å². The van der Waals surface area contributed by atoms with Gasteiger partial charge in [0.25, 0.3) is 0 Å². The zero-order valence-corrected chi connectivity index (χ0v) is 9.82. The van der Waals surface area contributed by atoms with Crippen molar-refractivity contribution in [1.82, 2.24) is 0 Å². The van der Waals surface area contributed by atoms with Crippen molar-refractivity contribution >= 4 is 0 Å². The molecule has 0 aliphatic heterocycles. The second kappa shape index (κ2) is 22.4. The molecule has 0 aromatic carbocycles. The molecule has 0 bridgehead atoms. The Morgan fingerprint density at radius 1 is 1.00 bits per heavy atom. The van der Waals surface area contributed by atoms with Crippen LogP contribution < -0.4 is 0 Å². The standard InChI is InChI=1S/C8H18.C2H6.C2H4/c1-4-5-6-7-8(2)3;2*1-2/h8H,4-7H2,1-3H3;1-2H3;1-2H2. The molecule has 0 aliphatic carbocycles. The molecule has 76 valence electrons. The Morgan fingerprint density at radius 3 is 1.67 bits per heavy atom. The summed E-state index contributed by atoms with van der Waals surface area (Å²) in [6.45, 7) is 16.8. The molecule has 0 aromatic heterocycles. The lowest BCUT2D eigenvalue weighted by molar-refractivity contribution is 0.534. The summed E-state index contributed by atoms with van der Waals surface area (Å²) in [4.78, 5) is 0. The molecule has 0 saturated carbocycles. The Kier molecular flexibility index (Phi) is 33.1. The van der Waals surface area contributed by atoms with Crippen LogP contribution in [0.4, 0.5) is 0 Å². The van der Waals surface area contributed by atoms with Crippen LogP contribution in [0.2, 0.25) is 0 Å². The summed E-state index contributed by atoms with van der Waals surface area (Å²) in [6.07, 6.45) is 5.60. The number of hydrogen-bond donors (Lipinski definition) is 0. The molecule has 0 radical (unpaired) electrons. The third-order valence-corrected chi connectivity index (χ3v) is 1.39. The first-order chi connectivity index (χ1) is 5.77. The molecule has 0 saturated heterocycles. The molecule has 0 amide bonds. The van der Waals surface area contributed by atoms with Crippen LogP contribution in [0.1, 0.15) is 60.3 Å². The van der Waals surface area contributed by atoms with Gasteiger partial charge in [-0.2, -0.15) is 0 Å². The fourth-order valence-electron chi connectivity index (χ4n) is 0.803. The highest BCUT2D eigenvalue weighted by molar-refractivity contribution is 4.44. The third-order valence-electron chi connectivity index (χ3n) is 1.39. The van der Waals surface area contributed by atoms with Gasteiger partial charge >= 0.3 is 0 Å². The van der Waals surface area contributed by atoms with E-state index in [1.54, 1.807) is 0 Å². The van der Waals surface area contributed by atoms with Crippen molar-refractivity contribution in [1.29, 1.82) is 0 Å². The Balaban J connectivity index is -0.000000175. The topological polar surface area (TPSA) is 0 Å². The van der Waals surface area contributed by atoms with Gasteiger partial charge < -0.3 is 0 Å². The van der Waals surface area contributed by atoms with Crippen LogP contribution in [0.3, 0.4) is 0 Å². The fraction of sp³-hybridized carbons (Fsp3) is 0.833. The first kappa shape index (κ1) is 17.7. The number of rotatable bonds is 4. The second-order valence-electron chi connectivity index (χ2n) is 2.89. The molecule has 0 heteroatoms. The van der Waals surface area contributed by atoms with E-state index in [0.29, 0.717) is 0 Å². The lowest BCUT2D eigenvalue weighted by Gasteiger charge is -2.00. The van der Waals surface area contributed by atoms with Gasteiger partial charge in [-0.25, -0.2) is 0 Å². The van der Waals surface area contributed by atoms with Gasteiger partial charge in [-0.05, 0) is 5.92 Å². The molecule has 0 N–H and O–H groups in total. The molecule has 0 spiro atoms.